The van der Waals surface area contributed by atoms with Crippen molar-refractivity contribution in [3.05, 3.63) is 0 Å². The molecule has 5 heteroatoms. The first-order valence-electron chi connectivity index (χ1n) is 8.00. The number of rotatable bonds is 9. The highest BCUT2D eigenvalue weighted by atomic mass is 16.6. The van der Waals surface area contributed by atoms with Crippen molar-refractivity contribution in [2.45, 2.75) is 84.8 Å². The van der Waals surface area contributed by atoms with Crippen LogP contribution in [0.3, 0.4) is 0 Å². The summed E-state index contributed by atoms with van der Waals surface area (Å²) < 4.78 is 5.11. The number of amides is 2. The Morgan fingerprint density at radius 3 is 2.38 bits per heavy atom. The van der Waals surface area contributed by atoms with Gasteiger partial charge in [-0.1, -0.05) is 26.2 Å². The molecule has 0 aromatic carbocycles. The Hall–Kier alpha value is -1.26. The van der Waals surface area contributed by atoms with Crippen molar-refractivity contribution in [3.8, 4) is 0 Å². The summed E-state index contributed by atoms with van der Waals surface area (Å²) in [6.45, 7) is 10.1. The van der Waals surface area contributed by atoms with E-state index >= 15 is 0 Å². The molecule has 21 heavy (non-hydrogen) atoms. The number of ether oxygens (including phenoxy) is 1. The summed E-state index contributed by atoms with van der Waals surface area (Å²) in [5.41, 5.74) is -0.491. The van der Waals surface area contributed by atoms with Gasteiger partial charge in [0.2, 0.25) is 5.91 Å². The molecule has 124 valence electrons. The predicted molar refractivity (Wildman–Crippen MR) is 85.2 cm³/mol. The Balaban J connectivity index is 3.64. The monoisotopic (exact) mass is 300 g/mol. The highest BCUT2D eigenvalue weighted by Crippen LogP contribution is 2.06. The highest BCUT2D eigenvalue weighted by molar-refractivity contribution is 5.76. The number of unbranched alkanes of at least 4 members (excludes halogenated alkanes) is 2. The van der Waals surface area contributed by atoms with Crippen molar-refractivity contribution >= 4 is 12.0 Å². The molecule has 2 amide bonds. The molecule has 0 bridgehead atoms. The van der Waals surface area contributed by atoms with Crippen LogP contribution in [0.15, 0.2) is 0 Å². The van der Waals surface area contributed by atoms with Crippen LogP contribution < -0.4 is 10.6 Å². The normalized spacial score (nSPS) is 12.6. The Labute approximate surface area is 129 Å². The average molecular weight is 300 g/mol. The third kappa shape index (κ3) is 13.5. The number of nitrogens with one attached hydrogen (secondary N) is 2. The van der Waals surface area contributed by atoms with Gasteiger partial charge < -0.3 is 15.4 Å². The molecule has 0 rings (SSSR count). The van der Waals surface area contributed by atoms with Gasteiger partial charge in [-0.05, 0) is 40.5 Å². The van der Waals surface area contributed by atoms with E-state index in [0.29, 0.717) is 19.4 Å². The van der Waals surface area contributed by atoms with Gasteiger partial charge in [0.05, 0.1) is 0 Å². The second-order valence-corrected chi connectivity index (χ2v) is 6.50. The van der Waals surface area contributed by atoms with Crippen LogP contribution in [0.4, 0.5) is 4.79 Å². The van der Waals surface area contributed by atoms with Gasteiger partial charge in [0.1, 0.15) is 5.60 Å². The van der Waals surface area contributed by atoms with Gasteiger partial charge in [-0.2, -0.15) is 0 Å². The van der Waals surface area contributed by atoms with Gasteiger partial charge in [0, 0.05) is 19.0 Å². The maximum atomic E-state index is 11.7. The van der Waals surface area contributed by atoms with Crippen LogP contribution in [0.5, 0.6) is 0 Å². The topological polar surface area (TPSA) is 67.4 Å². The molecule has 0 radical (unpaired) electrons. The van der Waals surface area contributed by atoms with Crippen LogP contribution >= 0.6 is 0 Å². The Bertz CT molecular complexity index is 311. The van der Waals surface area contributed by atoms with E-state index in [2.05, 4.69) is 17.6 Å². The van der Waals surface area contributed by atoms with Crippen LogP contribution in [-0.4, -0.2) is 30.2 Å². The molecule has 0 aliphatic heterocycles. The zero-order valence-corrected chi connectivity index (χ0v) is 14.3. The largest absolute Gasteiger partial charge is 0.444 e. The predicted octanol–water partition coefficient (Wildman–Crippen LogP) is 3.38. The fourth-order valence-electron chi connectivity index (χ4n) is 1.87. The molecule has 5 nitrogen and oxygen atoms in total. The van der Waals surface area contributed by atoms with E-state index in [1.807, 2.05) is 27.7 Å². The molecule has 0 aliphatic rings. The summed E-state index contributed by atoms with van der Waals surface area (Å²) >= 11 is 0. The van der Waals surface area contributed by atoms with Crippen molar-refractivity contribution in [3.63, 3.8) is 0 Å². The maximum Gasteiger partial charge on any atom is 0.407 e. The summed E-state index contributed by atoms with van der Waals surface area (Å²) in [6, 6.07) is 0.225. The minimum atomic E-state index is -0.491. The second kappa shape index (κ2) is 10.5. The molecule has 0 aromatic rings. The van der Waals surface area contributed by atoms with E-state index in [1.54, 1.807) is 0 Å². The molecule has 0 heterocycles. The first kappa shape index (κ1) is 19.7. The molecular weight excluding hydrogens is 268 g/mol. The lowest BCUT2D eigenvalue weighted by molar-refractivity contribution is -0.121. The summed E-state index contributed by atoms with van der Waals surface area (Å²) in [5, 5.41) is 5.63. The minimum Gasteiger partial charge on any atom is -0.444 e. The van der Waals surface area contributed by atoms with Crippen molar-refractivity contribution in [1.29, 1.82) is 0 Å². The number of carbonyl (C=O) groups is 2. The molecule has 0 saturated heterocycles. The molecule has 0 saturated carbocycles. The quantitative estimate of drug-likeness (QED) is 0.641. The standard InChI is InChI=1S/C16H32N2O3/c1-6-7-8-10-13(2)18-14(19)11-9-12-17-15(20)21-16(3,4)5/h13H,6-12H2,1-5H3,(H,17,20)(H,18,19). The molecule has 1 unspecified atom stereocenters. The van der Waals surface area contributed by atoms with E-state index in [4.69, 9.17) is 4.74 Å². The number of hydrogen-bond donors (Lipinski definition) is 2. The Morgan fingerprint density at radius 2 is 1.81 bits per heavy atom. The SMILES string of the molecule is CCCCCC(C)NC(=O)CCCNC(=O)OC(C)(C)C. The highest BCUT2D eigenvalue weighted by Gasteiger charge is 2.15. The smallest absolute Gasteiger partial charge is 0.407 e. The summed E-state index contributed by atoms with van der Waals surface area (Å²) in [4.78, 5) is 23.1. The zero-order chi connectivity index (χ0) is 16.3. The molecule has 0 aromatic heterocycles. The maximum absolute atomic E-state index is 11.7. The molecule has 0 fully saturated rings. The van der Waals surface area contributed by atoms with Crippen molar-refractivity contribution in [1.82, 2.24) is 10.6 Å². The molecule has 1 atom stereocenters. The molecule has 0 aliphatic carbocycles. The van der Waals surface area contributed by atoms with Crippen molar-refractivity contribution in [2.24, 2.45) is 0 Å². The van der Waals surface area contributed by atoms with Crippen molar-refractivity contribution < 1.29 is 14.3 Å². The van der Waals surface area contributed by atoms with Crippen LogP contribution in [0, 0.1) is 0 Å². The van der Waals surface area contributed by atoms with E-state index < -0.39 is 11.7 Å². The second-order valence-electron chi connectivity index (χ2n) is 6.50. The summed E-state index contributed by atoms with van der Waals surface area (Å²) in [6.07, 6.45) is 5.18. The average Bonchev–Trinajstić information content (AvgIpc) is 2.33. The lowest BCUT2D eigenvalue weighted by Gasteiger charge is -2.19. The molecule has 0 spiro atoms. The van der Waals surface area contributed by atoms with Gasteiger partial charge in [0.15, 0.2) is 0 Å². The van der Waals surface area contributed by atoms with E-state index in [1.165, 1.54) is 12.8 Å². The van der Waals surface area contributed by atoms with Gasteiger partial charge >= 0.3 is 6.09 Å². The fourth-order valence-corrected chi connectivity index (χ4v) is 1.87. The lowest BCUT2D eigenvalue weighted by atomic mass is 10.1. The Kier molecular flexibility index (Phi) is 9.84. The third-order valence-corrected chi connectivity index (χ3v) is 2.90. The van der Waals surface area contributed by atoms with Crippen LogP contribution in [0.25, 0.3) is 0 Å². The zero-order valence-electron chi connectivity index (χ0n) is 14.3. The number of hydrogen-bond acceptors (Lipinski definition) is 3. The summed E-state index contributed by atoms with van der Waals surface area (Å²) in [7, 11) is 0. The van der Waals surface area contributed by atoms with E-state index in [9.17, 15) is 9.59 Å². The van der Waals surface area contributed by atoms with E-state index in [-0.39, 0.29) is 11.9 Å². The van der Waals surface area contributed by atoms with Crippen LogP contribution in [-0.2, 0) is 9.53 Å². The Morgan fingerprint density at radius 1 is 1.14 bits per heavy atom. The van der Waals surface area contributed by atoms with Crippen molar-refractivity contribution in [2.75, 3.05) is 6.54 Å². The lowest BCUT2D eigenvalue weighted by Crippen LogP contribution is -2.35. The van der Waals surface area contributed by atoms with Gasteiger partial charge in [0.25, 0.3) is 0 Å². The minimum absolute atomic E-state index is 0.0463. The first-order valence-corrected chi connectivity index (χ1v) is 8.00. The molecule has 2 N–H and O–H groups in total. The van der Waals surface area contributed by atoms with Gasteiger partial charge in [-0.25, -0.2) is 4.79 Å². The summed E-state index contributed by atoms with van der Waals surface area (Å²) in [5.74, 6) is 0.0463. The van der Waals surface area contributed by atoms with Gasteiger partial charge in [-0.3, -0.25) is 4.79 Å². The van der Waals surface area contributed by atoms with E-state index in [0.717, 1.165) is 12.8 Å². The number of carbonyl (C=O) groups excluding carboxylic acids is 2. The van der Waals surface area contributed by atoms with Crippen LogP contribution in [0.1, 0.15) is 73.1 Å². The fraction of sp³-hybridized carbons (Fsp3) is 0.875. The third-order valence-electron chi connectivity index (χ3n) is 2.90. The number of alkyl carbamates (subject to hydrolysis) is 1. The van der Waals surface area contributed by atoms with Crippen LogP contribution in [0.2, 0.25) is 0 Å². The molecular formula is C16H32N2O3. The van der Waals surface area contributed by atoms with Gasteiger partial charge in [-0.15, -0.1) is 0 Å². The first-order chi connectivity index (χ1) is 9.74.